The Morgan fingerprint density at radius 1 is 0.966 bits per heavy atom. The van der Waals surface area contributed by atoms with Gasteiger partial charge in [-0.25, -0.2) is 0 Å². The average molecular weight is 433 g/mol. The van der Waals surface area contributed by atoms with Crippen LogP contribution in [-0.2, 0) is 9.59 Å². The first-order valence-electron chi connectivity index (χ1n) is 8.78. The molecule has 2 aromatic carbocycles. The highest BCUT2D eigenvalue weighted by molar-refractivity contribution is 7.80. The van der Waals surface area contributed by atoms with E-state index in [4.69, 9.17) is 23.8 Å². The number of hydrazine groups is 1. The fraction of sp³-hybridized carbons (Fsp3) is 0.200. The van der Waals surface area contributed by atoms with Crippen LogP contribution in [0.1, 0.15) is 34.3 Å². The van der Waals surface area contributed by atoms with Gasteiger partial charge in [0.25, 0.3) is 5.91 Å². The number of anilines is 1. The lowest BCUT2D eigenvalue weighted by molar-refractivity contribution is -0.124. The number of amides is 3. The fourth-order valence-corrected chi connectivity index (χ4v) is 2.68. The van der Waals surface area contributed by atoms with E-state index in [1.165, 1.54) is 0 Å². The lowest BCUT2D eigenvalue weighted by Gasteiger charge is -2.12. The van der Waals surface area contributed by atoms with Crippen LogP contribution in [0.2, 0.25) is 5.02 Å². The summed E-state index contributed by atoms with van der Waals surface area (Å²) in [6.07, 6.45) is -0.0885. The lowest BCUT2D eigenvalue weighted by Crippen LogP contribution is -2.48. The third kappa shape index (κ3) is 7.17. The van der Waals surface area contributed by atoms with Gasteiger partial charge in [-0.3, -0.25) is 30.6 Å². The second-order valence-electron chi connectivity index (χ2n) is 6.29. The minimum absolute atomic E-state index is 0.0259. The summed E-state index contributed by atoms with van der Waals surface area (Å²) in [6.45, 7) is 3.66. The first kappa shape index (κ1) is 22.3. The second kappa shape index (κ2) is 10.5. The molecule has 2 aromatic rings. The zero-order chi connectivity index (χ0) is 21.4. The largest absolute Gasteiger partial charge is 0.326 e. The number of carbonyl (C=O) groups excluding carboxylic acids is 3. The van der Waals surface area contributed by atoms with Crippen LogP contribution in [0.5, 0.6) is 0 Å². The summed E-state index contributed by atoms with van der Waals surface area (Å²) >= 11 is 11.0. The Balaban J connectivity index is 1.72. The van der Waals surface area contributed by atoms with Crippen LogP contribution >= 0.6 is 23.8 Å². The standard InChI is InChI=1S/C20H21ClN4O3S/c1-12-5-3-6-14(11-12)19(28)23-20(29)25-24-18(27)10-9-17(26)22-16-8-4-7-15(21)13(16)2/h3-8,11H,9-10H2,1-2H3,(H,22,26)(H,24,27)(H2,23,25,28,29). The van der Waals surface area contributed by atoms with E-state index in [1.54, 1.807) is 43.3 Å². The zero-order valence-electron chi connectivity index (χ0n) is 16.0. The van der Waals surface area contributed by atoms with Crippen LogP contribution < -0.4 is 21.5 Å². The topological polar surface area (TPSA) is 99.3 Å². The van der Waals surface area contributed by atoms with Gasteiger partial charge < -0.3 is 5.32 Å². The molecule has 152 valence electrons. The highest BCUT2D eigenvalue weighted by Crippen LogP contribution is 2.23. The van der Waals surface area contributed by atoms with Crippen LogP contribution in [0.3, 0.4) is 0 Å². The molecule has 0 radical (unpaired) electrons. The van der Waals surface area contributed by atoms with Crippen LogP contribution in [-0.4, -0.2) is 22.8 Å². The quantitative estimate of drug-likeness (QED) is 0.430. The Hall–Kier alpha value is -2.97. The van der Waals surface area contributed by atoms with Crippen molar-refractivity contribution in [2.45, 2.75) is 26.7 Å². The third-order valence-corrected chi connectivity index (χ3v) is 4.56. The van der Waals surface area contributed by atoms with E-state index < -0.39 is 11.8 Å². The van der Waals surface area contributed by atoms with Crippen molar-refractivity contribution in [1.29, 1.82) is 0 Å². The summed E-state index contributed by atoms with van der Waals surface area (Å²) in [4.78, 5) is 36.0. The number of thiocarbonyl (C=S) groups is 1. The number of nitrogens with one attached hydrogen (secondary N) is 4. The summed E-state index contributed by atoms with van der Waals surface area (Å²) < 4.78 is 0. The van der Waals surface area contributed by atoms with Crippen LogP contribution in [0.25, 0.3) is 0 Å². The summed E-state index contributed by atoms with van der Waals surface area (Å²) in [6, 6.07) is 12.2. The van der Waals surface area contributed by atoms with Crippen molar-refractivity contribution in [2.75, 3.05) is 5.32 Å². The minimum atomic E-state index is -0.449. The van der Waals surface area contributed by atoms with Gasteiger partial charge in [0.2, 0.25) is 11.8 Å². The molecule has 0 aliphatic heterocycles. The molecule has 0 fully saturated rings. The zero-order valence-corrected chi connectivity index (χ0v) is 17.5. The predicted molar refractivity (Wildman–Crippen MR) is 117 cm³/mol. The fourth-order valence-electron chi connectivity index (χ4n) is 2.36. The van der Waals surface area contributed by atoms with E-state index in [2.05, 4.69) is 21.5 Å². The van der Waals surface area contributed by atoms with Gasteiger partial charge in [0.05, 0.1) is 0 Å². The maximum Gasteiger partial charge on any atom is 0.257 e. The monoisotopic (exact) mass is 432 g/mol. The molecule has 0 aliphatic rings. The third-order valence-electron chi connectivity index (χ3n) is 3.94. The van der Waals surface area contributed by atoms with Crippen LogP contribution in [0.15, 0.2) is 42.5 Å². The molecule has 0 unspecified atom stereocenters. The molecule has 0 spiro atoms. The summed E-state index contributed by atoms with van der Waals surface area (Å²) in [5.41, 5.74) is 7.53. The van der Waals surface area contributed by atoms with Gasteiger partial charge in [-0.1, -0.05) is 35.4 Å². The Bertz CT molecular complexity index is 949. The molecular weight excluding hydrogens is 412 g/mol. The lowest BCUT2D eigenvalue weighted by atomic mass is 10.1. The average Bonchev–Trinajstić information content (AvgIpc) is 2.68. The van der Waals surface area contributed by atoms with Crippen molar-refractivity contribution in [3.05, 3.63) is 64.2 Å². The number of aryl methyl sites for hydroxylation is 1. The molecule has 0 saturated carbocycles. The predicted octanol–water partition coefficient (Wildman–Crippen LogP) is 3.01. The van der Waals surface area contributed by atoms with E-state index >= 15 is 0 Å². The van der Waals surface area contributed by atoms with Crippen molar-refractivity contribution in [3.63, 3.8) is 0 Å². The molecular formula is C20H21ClN4O3S. The first-order valence-corrected chi connectivity index (χ1v) is 9.56. The summed E-state index contributed by atoms with van der Waals surface area (Å²) in [5, 5.41) is 5.67. The number of benzene rings is 2. The molecule has 0 heterocycles. The number of carbonyl (C=O) groups is 3. The molecule has 0 atom stereocenters. The van der Waals surface area contributed by atoms with E-state index in [1.807, 2.05) is 13.0 Å². The van der Waals surface area contributed by atoms with Crippen molar-refractivity contribution < 1.29 is 14.4 Å². The molecule has 0 saturated heterocycles. The molecule has 0 aromatic heterocycles. The highest BCUT2D eigenvalue weighted by atomic mass is 35.5. The van der Waals surface area contributed by atoms with Gasteiger partial charge in [-0.05, 0) is 55.9 Å². The first-order chi connectivity index (χ1) is 13.8. The van der Waals surface area contributed by atoms with E-state index in [-0.39, 0.29) is 23.9 Å². The number of hydrogen-bond acceptors (Lipinski definition) is 4. The summed E-state index contributed by atoms with van der Waals surface area (Å²) in [5.74, 6) is -1.16. The minimum Gasteiger partial charge on any atom is -0.326 e. The van der Waals surface area contributed by atoms with E-state index in [0.717, 1.165) is 11.1 Å². The smallest absolute Gasteiger partial charge is 0.257 e. The van der Waals surface area contributed by atoms with Crippen molar-refractivity contribution >= 4 is 52.3 Å². The van der Waals surface area contributed by atoms with Gasteiger partial charge in [0, 0.05) is 29.1 Å². The van der Waals surface area contributed by atoms with Gasteiger partial charge >= 0.3 is 0 Å². The molecule has 9 heteroatoms. The summed E-state index contributed by atoms with van der Waals surface area (Å²) in [7, 11) is 0. The Labute approximate surface area is 179 Å². The molecule has 29 heavy (non-hydrogen) atoms. The van der Waals surface area contributed by atoms with E-state index in [9.17, 15) is 14.4 Å². The Morgan fingerprint density at radius 3 is 2.38 bits per heavy atom. The van der Waals surface area contributed by atoms with Gasteiger partial charge in [0.15, 0.2) is 5.11 Å². The van der Waals surface area contributed by atoms with Crippen LogP contribution in [0.4, 0.5) is 5.69 Å². The Morgan fingerprint density at radius 2 is 1.66 bits per heavy atom. The maximum atomic E-state index is 12.1. The normalized spacial score (nSPS) is 10.0. The number of rotatable bonds is 5. The van der Waals surface area contributed by atoms with Crippen molar-refractivity contribution in [3.8, 4) is 0 Å². The molecule has 2 rings (SSSR count). The molecule has 0 bridgehead atoms. The molecule has 3 amide bonds. The van der Waals surface area contributed by atoms with Crippen molar-refractivity contribution in [2.24, 2.45) is 0 Å². The molecule has 0 aliphatic carbocycles. The van der Waals surface area contributed by atoms with Gasteiger partial charge in [-0.15, -0.1) is 0 Å². The maximum absolute atomic E-state index is 12.1. The molecule has 4 N–H and O–H groups in total. The van der Waals surface area contributed by atoms with E-state index in [0.29, 0.717) is 16.3 Å². The van der Waals surface area contributed by atoms with Crippen molar-refractivity contribution in [1.82, 2.24) is 16.2 Å². The molecule has 7 nitrogen and oxygen atoms in total. The second-order valence-corrected chi connectivity index (χ2v) is 7.10. The SMILES string of the molecule is Cc1cccc(C(=O)NC(=S)NNC(=O)CCC(=O)Nc2cccc(Cl)c2C)c1. The van der Waals surface area contributed by atoms with Crippen LogP contribution in [0, 0.1) is 13.8 Å². The van der Waals surface area contributed by atoms with Gasteiger partial charge in [0.1, 0.15) is 0 Å². The van der Waals surface area contributed by atoms with Gasteiger partial charge in [-0.2, -0.15) is 0 Å². The number of halogens is 1. The number of hydrogen-bond donors (Lipinski definition) is 4. The Kier molecular flexibility index (Phi) is 8.11. The highest BCUT2D eigenvalue weighted by Gasteiger charge is 2.11.